The maximum absolute atomic E-state index is 13.6. The molecule has 0 heterocycles. The van der Waals surface area contributed by atoms with Crippen LogP contribution < -0.4 is 15.4 Å². The van der Waals surface area contributed by atoms with Crippen molar-refractivity contribution in [2.75, 3.05) is 20.2 Å². The van der Waals surface area contributed by atoms with Gasteiger partial charge >= 0.3 is 6.18 Å². The smallest absolute Gasteiger partial charge is 0.422 e. The molecule has 0 unspecified atom stereocenters. The second kappa shape index (κ2) is 9.80. The van der Waals surface area contributed by atoms with Gasteiger partial charge in [-0.3, -0.25) is 4.99 Å². The van der Waals surface area contributed by atoms with Gasteiger partial charge in [-0.25, -0.2) is 4.39 Å². The number of halogens is 4. The van der Waals surface area contributed by atoms with Crippen LogP contribution in [0.1, 0.15) is 11.1 Å². The Labute approximate surface area is 155 Å². The number of aliphatic imine (C=N–C) groups is 1. The van der Waals surface area contributed by atoms with Crippen LogP contribution in [0.25, 0.3) is 0 Å². The lowest BCUT2D eigenvalue weighted by atomic mass is 10.1. The minimum absolute atomic E-state index is 0.156. The van der Waals surface area contributed by atoms with Crippen LogP contribution in [-0.4, -0.2) is 32.3 Å². The second-order valence-corrected chi connectivity index (χ2v) is 5.74. The third-order valence-electron chi connectivity index (χ3n) is 3.65. The van der Waals surface area contributed by atoms with Gasteiger partial charge in [0, 0.05) is 20.1 Å². The fraction of sp³-hybridized carbons (Fsp3) is 0.316. The molecule has 0 atom stereocenters. The largest absolute Gasteiger partial charge is 0.484 e. The Bertz CT molecular complexity index is 745. The van der Waals surface area contributed by atoms with Crippen LogP contribution in [0.15, 0.2) is 53.5 Å². The molecule has 0 saturated carbocycles. The van der Waals surface area contributed by atoms with Crippen molar-refractivity contribution in [3.05, 3.63) is 65.5 Å². The molecule has 2 rings (SSSR count). The average Bonchev–Trinajstić information content (AvgIpc) is 2.64. The summed E-state index contributed by atoms with van der Waals surface area (Å²) in [5, 5.41) is 6.17. The molecule has 2 N–H and O–H groups in total. The molecule has 27 heavy (non-hydrogen) atoms. The summed E-state index contributed by atoms with van der Waals surface area (Å²) in [7, 11) is 1.62. The van der Waals surface area contributed by atoms with Crippen molar-refractivity contribution in [2.24, 2.45) is 4.99 Å². The first-order valence-electron chi connectivity index (χ1n) is 8.34. The molecule has 0 amide bonds. The highest BCUT2D eigenvalue weighted by molar-refractivity contribution is 5.79. The summed E-state index contributed by atoms with van der Waals surface area (Å²) in [5.41, 5.74) is 1.47. The SMILES string of the molecule is CN=C(NCCc1ccccc1F)NCc1ccc(OCC(F)(F)F)cc1. The zero-order valence-corrected chi connectivity index (χ0v) is 14.8. The van der Waals surface area contributed by atoms with Gasteiger partial charge in [-0.2, -0.15) is 13.2 Å². The fourth-order valence-electron chi connectivity index (χ4n) is 2.29. The van der Waals surface area contributed by atoms with Gasteiger partial charge in [0.15, 0.2) is 12.6 Å². The van der Waals surface area contributed by atoms with Gasteiger partial charge in [0.1, 0.15) is 11.6 Å². The number of nitrogens with one attached hydrogen (secondary N) is 2. The molecule has 0 fully saturated rings. The van der Waals surface area contributed by atoms with Crippen molar-refractivity contribution < 1.29 is 22.3 Å². The molecule has 0 spiro atoms. The first-order valence-corrected chi connectivity index (χ1v) is 8.34. The summed E-state index contributed by atoms with van der Waals surface area (Å²) in [5.74, 6) is 0.460. The summed E-state index contributed by atoms with van der Waals surface area (Å²) in [6.45, 7) is -0.382. The van der Waals surface area contributed by atoms with Crippen molar-refractivity contribution in [3.63, 3.8) is 0 Å². The second-order valence-electron chi connectivity index (χ2n) is 5.74. The van der Waals surface area contributed by atoms with E-state index in [-0.39, 0.29) is 11.6 Å². The van der Waals surface area contributed by atoms with Crippen LogP contribution >= 0.6 is 0 Å². The lowest BCUT2D eigenvalue weighted by Gasteiger charge is -2.13. The summed E-state index contributed by atoms with van der Waals surface area (Å²) >= 11 is 0. The molecule has 8 heteroatoms. The highest BCUT2D eigenvalue weighted by atomic mass is 19.4. The van der Waals surface area contributed by atoms with Crippen LogP contribution in [0, 0.1) is 5.82 Å². The minimum atomic E-state index is -4.36. The lowest BCUT2D eigenvalue weighted by molar-refractivity contribution is -0.153. The number of nitrogens with zero attached hydrogens (tertiary/aromatic N) is 1. The number of hydrogen-bond donors (Lipinski definition) is 2. The molecule has 0 aliphatic carbocycles. The van der Waals surface area contributed by atoms with Crippen molar-refractivity contribution >= 4 is 5.96 Å². The number of alkyl halides is 3. The fourth-order valence-corrected chi connectivity index (χ4v) is 2.29. The number of ether oxygens (including phenoxy) is 1. The molecule has 0 aliphatic heterocycles. The first kappa shape index (κ1) is 20.5. The van der Waals surface area contributed by atoms with E-state index in [4.69, 9.17) is 0 Å². The molecular formula is C19H21F4N3O. The molecule has 2 aromatic rings. The molecule has 0 bridgehead atoms. The summed E-state index contributed by atoms with van der Waals surface area (Å²) in [4.78, 5) is 4.08. The van der Waals surface area contributed by atoms with Crippen molar-refractivity contribution in [1.82, 2.24) is 10.6 Å². The van der Waals surface area contributed by atoms with E-state index in [1.807, 2.05) is 0 Å². The predicted octanol–water partition coefficient (Wildman–Crippen LogP) is 3.67. The Balaban J connectivity index is 1.76. The monoisotopic (exact) mass is 383 g/mol. The number of rotatable bonds is 7. The number of benzene rings is 2. The van der Waals surface area contributed by atoms with Gasteiger partial charge in [-0.1, -0.05) is 30.3 Å². The Morgan fingerprint density at radius 2 is 1.74 bits per heavy atom. The molecule has 0 aromatic heterocycles. The third-order valence-corrected chi connectivity index (χ3v) is 3.65. The van der Waals surface area contributed by atoms with Crippen LogP contribution in [0.5, 0.6) is 5.75 Å². The molecule has 2 aromatic carbocycles. The van der Waals surface area contributed by atoms with Crippen molar-refractivity contribution in [3.8, 4) is 5.75 Å². The van der Waals surface area contributed by atoms with Gasteiger partial charge < -0.3 is 15.4 Å². The number of guanidine groups is 1. The molecule has 0 saturated heterocycles. The van der Waals surface area contributed by atoms with Gasteiger partial charge in [-0.05, 0) is 35.7 Å². The van der Waals surface area contributed by atoms with Gasteiger partial charge in [-0.15, -0.1) is 0 Å². The highest BCUT2D eigenvalue weighted by Crippen LogP contribution is 2.18. The van der Waals surface area contributed by atoms with Crippen molar-refractivity contribution in [1.29, 1.82) is 0 Å². The Morgan fingerprint density at radius 1 is 1.04 bits per heavy atom. The van der Waals surface area contributed by atoms with E-state index >= 15 is 0 Å². The molecular weight excluding hydrogens is 362 g/mol. The normalized spacial score (nSPS) is 12.0. The van der Waals surface area contributed by atoms with E-state index in [1.165, 1.54) is 18.2 Å². The van der Waals surface area contributed by atoms with Gasteiger partial charge in [0.25, 0.3) is 0 Å². The molecule has 0 radical (unpaired) electrons. The quantitative estimate of drug-likeness (QED) is 0.436. The Morgan fingerprint density at radius 3 is 2.37 bits per heavy atom. The average molecular weight is 383 g/mol. The van der Waals surface area contributed by atoms with Crippen LogP contribution in [0.3, 0.4) is 0 Å². The zero-order chi connectivity index (χ0) is 19.7. The predicted molar refractivity (Wildman–Crippen MR) is 96.3 cm³/mol. The van der Waals surface area contributed by atoms with E-state index in [1.54, 1.807) is 37.4 Å². The first-order chi connectivity index (χ1) is 12.9. The summed E-state index contributed by atoms with van der Waals surface area (Å²) in [6.07, 6.45) is -3.85. The lowest BCUT2D eigenvalue weighted by Crippen LogP contribution is -2.37. The van der Waals surface area contributed by atoms with E-state index in [0.717, 1.165) is 5.56 Å². The van der Waals surface area contributed by atoms with E-state index < -0.39 is 12.8 Å². The topological polar surface area (TPSA) is 45.7 Å². The maximum atomic E-state index is 13.6. The molecule has 0 aliphatic rings. The van der Waals surface area contributed by atoms with Crippen LogP contribution in [-0.2, 0) is 13.0 Å². The van der Waals surface area contributed by atoms with Crippen LogP contribution in [0.4, 0.5) is 17.6 Å². The van der Waals surface area contributed by atoms with E-state index in [0.29, 0.717) is 31.0 Å². The highest BCUT2D eigenvalue weighted by Gasteiger charge is 2.28. The van der Waals surface area contributed by atoms with E-state index in [2.05, 4.69) is 20.4 Å². The van der Waals surface area contributed by atoms with Gasteiger partial charge in [0.05, 0.1) is 0 Å². The number of hydrogen-bond acceptors (Lipinski definition) is 2. The molecule has 146 valence electrons. The Hall–Kier alpha value is -2.77. The van der Waals surface area contributed by atoms with Crippen LogP contribution in [0.2, 0.25) is 0 Å². The van der Waals surface area contributed by atoms with E-state index in [9.17, 15) is 17.6 Å². The minimum Gasteiger partial charge on any atom is -0.484 e. The third kappa shape index (κ3) is 7.55. The summed E-state index contributed by atoms with van der Waals surface area (Å²) in [6, 6.07) is 12.9. The standard InChI is InChI=1S/C19H21F4N3O/c1-24-18(25-11-10-15-4-2-3-5-17(15)20)26-12-14-6-8-16(9-7-14)27-13-19(21,22)23/h2-9H,10-13H2,1H3,(H2,24,25,26). The Kier molecular flexibility index (Phi) is 7.45. The van der Waals surface area contributed by atoms with Gasteiger partial charge in [0.2, 0.25) is 0 Å². The molecule has 4 nitrogen and oxygen atoms in total. The zero-order valence-electron chi connectivity index (χ0n) is 14.8. The maximum Gasteiger partial charge on any atom is 0.422 e. The van der Waals surface area contributed by atoms with Crippen molar-refractivity contribution in [2.45, 2.75) is 19.1 Å². The summed E-state index contributed by atoms with van der Waals surface area (Å²) < 4.78 is 54.6.